The van der Waals surface area contributed by atoms with Gasteiger partial charge in [-0.05, 0) is 37.7 Å². The highest BCUT2D eigenvalue weighted by Gasteiger charge is 2.38. The second kappa shape index (κ2) is 6.14. The van der Waals surface area contributed by atoms with Crippen molar-refractivity contribution in [3.05, 3.63) is 35.4 Å². The quantitative estimate of drug-likeness (QED) is 0.872. The topological polar surface area (TPSA) is 46.3 Å². The van der Waals surface area contributed by atoms with Crippen LogP contribution in [0.15, 0.2) is 24.3 Å². The second-order valence-corrected chi connectivity index (χ2v) is 6.80. The van der Waals surface area contributed by atoms with Gasteiger partial charge in [-0.15, -0.1) is 0 Å². The molecule has 0 radical (unpaired) electrons. The molecule has 0 aromatic heterocycles. The van der Waals surface area contributed by atoms with Crippen molar-refractivity contribution in [2.75, 3.05) is 19.3 Å². The Kier molecular flexibility index (Phi) is 4.70. The van der Waals surface area contributed by atoms with Gasteiger partial charge in [-0.3, -0.25) is 4.79 Å². The standard InChI is InChI=1S/C15H20N2OS2/c1-11-5-3-4-6-12(11)13(18)17-9-7-15(20-2,8-10-17)14(16)19/h3-6H,7-10H2,1-2H3,(H2,16,19). The highest BCUT2D eigenvalue weighted by Crippen LogP contribution is 2.35. The predicted molar refractivity (Wildman–Crippen MR) is 89.3 cm³/mol. The molecule has 0 aliphatic carbocycles. The van der Waals surface area contributed by atoms with E-state index in [2.05, 4.69) is 0 Å². The zero-order valence-corrected chi connectivity index (χ0v) is 13.5. The molecule has 0 atom stereocenters. The van der Waals surface area contributed by atoms with E-state index in [-0.39, 0.29) is 10.7 Å². The van der Waals surface area contributed by atoms with Gasteiger partial charge in [-0.2, -0.15) is 11.8 Å². The van der Waals surface area contributed by atoms with E-state index in [1.807, 2.05) is 42.3 Å². The summed E-state index contributed by atoms with van der Waals surface area (Å²) in [6, 6.07) is 7.72. The first kappa shape index (κ1) is 15.3. The van der Waals surface area contributed by atoms with Gasteiger partial charge < -0.3 is 10.6 Å². The van der Waals surface area contributed by atoms with Gasteiger partial charge in [-0.25, -0.2) is 0 Å². The van der Waals surface area contributed by atoms with Crippen LogP contribution >= 0.6 is 24.0 Å². The van der Waals surface area contributed by atoms with Crippen LogP contribution in [0.1, 0.15) is 28.8 Å². The second-order valence-electron chi connectivity index (χ2n) is 5.17. The molecule has 0 bridgehead atoms. The van der Waals surface area contributed by atoms with Crippen LogP contribution in [0.5, 0.6) is 0 Å². The summed E-state index contributed by atoms with van der Waals surface area (Å²) in [5, 5.41) is 0. The highest BCUT2D eigenvalue weighted by molar-refractivity contribution is 8.02. The van der Waals surface area contributed by atoms with Crippen LogP contribution in [0.4, 0.5) is 0 Å². The van der Waals surface area contributed by atoms with Crippen molar-refractivity contribution in [1.29, 1.82) is 0 Å². The molecular formula is C15H20N2OS2. The van der Waals surface area contributed by atoms with Crippen molar-refractivity contribution in [3.63, 3.8) is 0 Å². The Morgan fingerprint density at radius 1 is 1.35 bits per heavy atom. The first-order chi connectivity index (χ1) is 9.50. The molecular weight excluding hydrogens is 288 g/mol. The summed E-state index contributed by atoms with van der Waals surface area (Å²) in [7, 11) is 0. The molecule has 108 valence electrons. The van der Waals surface area contributed by atoms with E-state index >= 15 is 0 Å². The summed E-state index contributed by atoms with van der Waals surface area (Å²) in [5.41, 5.74) is 7.69. The Labute approximate surface area is 129 Å². The van der Waals surface area contributed by atoms with E-state index in [0.717, 1.165) is 24.0 Å². The first-order valence-corrected chi connectivity index (χ1v) is 8.33. The van der Waals surface area contributed by atoms with Gasteiger partial charge in [-0.1, -0.05) is 30.4 Å². The van der Waals surface area contributed by atoms with E-state index in [0.29, 0.717) is 18.1 Å². The third-order valence-electron chi connectivity index (χ3n) is 4.07. The zero-order chi connectivity index (χ0) is 14.8. The number of carbonyl (C=O) groups is 1. The van der Waals surface area contributed by atoms with Gasteiger partial charge in [0.2, 0.25) is 0 Å². The maximum Gasteiger partial charge on any atom is 0.254 e. The van der Waals surface area contributed by atoms with Crippen LogP contribution in [-0.2, 0) is 0 Å². The van der Waals surface area contributed by atoms with Crippen LogP contribution < -0.4 is 5.73 Å². The number of nitrogens with zero attached hydrogens (tertiary/aromatic N) is 1. The number of nitrogens with two attached hydrogens (primary N) is 1. The Hall–Kier alpha value is -1.07. The van der Waals surface area contributed by atoms with Gasteiger partial charge in [0.15, 0.2) is 0 Å². The van der Waals surface area contributed by atoms with Crippen molar-refractivity contribution in [1.82, 2.24) is 4.90 Å². The fourth-order valence-electron chi connectivity index (χ4n) is 2.61. The lowest BCUT2D eigenvalue weighted by Crippen LogP contribution is -2.50. The van der Waals surface area contributed by atoms with E-state index in [1.165, 1.54) is 0 Å². The summed E-state index contributed by atoms with van der Waals surface area (Å²) >= 11 is 6.91. The Balaban J connectivity index is 2.10. The Morgan fingerprint density at radius 3 is 2.45 bits per heavy atom. The van der Waals surface area contributed by atoms with Crippen LogP contribution in [0, 0.1) is 6.92 Å². The number of hydrogen-bond donors (Lipinski definition) is 1. The number of likely N-dealkylation sites (tertiary alicyclic amines) is 1. The Morgan fingerprint density at radius 2 is 1.95 bits per heavy atom. The van der Waals surface area contributed by atoms with Crippen molar-refractivity contribution >= 4 is 34.9 Å². The number of hydrogen-bond acceptors (Lipinski definition) is 3. The molecule has 1 amide bonds. The SMILES string of the molecule is CSC1(C(N)=S)CCN(C(=O)c2ccccc2C)CC1. The predicted octanol–water partition coefficient (Wildman–Crippen LogP) is 2.62. The molecule has 0 saturated carbocycles. The molecule has 2 N–H and O–H groups in total. The number of benzene rings is 1. The molecule has 5 heteroatoms. The summed E-state index contributed by atoms with van der Waals surface area (Å²) < 4.78 is -0.141. The van der Waals surface area contributed by atoms with Crippen LogP contribution in [0.2, 0.25) is 0 Å². The Bertz CT molecular complexity index is 522. The molecule has 1 fully saturated rings. The maximum absolute atomic E-state index is 12.5. The number of aryl methyl sites for hydroxylation is 1. The molecule has 3 nitrogen and oxygen atoms in total. The summed E-state index contributed by atoms with van der Waals surface area (Å²) in [6.45, 7) is 3.40. The highest BCUT2D eigenvalue weighted by atomic mass is 32.2. The minimum Gasteiger partial charge on any atom is -0.392 e. The van der Waals surface area contributed by atoms with Crippen molar-refractivity contribution in [3.8, 4) is 0 Å². The van der Waals surface area contributed by atoms with Gasteiger partial charge in [0.25, 0.3) is 5.91 Å². The summed E-state index contributed by atoms with van der Waals surface area (Å²) in [6.07, 6.45) is 3.71. The van der Waals surface area contributed by atoms with Crippen molar-refractivity contribution in [2.24, 2.45) is 5.73 Å². The molecule has 2 rings (SSSR count). The van der Waals surface area contributed by atoms with Gasteiger partial charge in [0.05, 0.1) is 9.74 Å². The molecule has 0 unspecified atom stereocenters. The maximum atomic E-state index is 12.5. The lowest BCUT2D eigenvalue weighted by Gasteiger charge is -2.40. The largest absolute Gasteiger partial charge is 0.392 e. The van der Waals surface area contributed by atoms with Gasteiger partial charge in [0, 0.05) is 18.7 Å². The molecule has 1 saturated heterocycles. The lowest BCUT2D eigenvalue weighted by molar-refractivity contribution is 0.0718. The first-order valence-electron chi connectivity index (χ1n) is 6.70. The van der Waals surface area contributed by atoms with Crippen molar-refractivity contribution in [2.45, 2.75) is 24.5 Å². The fraction of sp³-hybridized carbons (Fsp3) is 0.467. The lowest BCUT2D eigenvalue weighted by atomic mass is 9.94. The molecule has 1 aliphatic heterocycles. The molecule has 0 spiro atoms. The van der Waals surface area contributed by atoms with E-state index in [1.54, 1.807) is 11.8 Å². The van der Waals surface area contributed by atoms with Crippen LogP contribution in [-0.4, -0.2) is 39.9 Å². The zero-order valence-electron chi connectivity index (χ0n) is 11.9. The van der Waals surface area contributed by atoms with E-state index in [9.17, 15) is 4.79 Å². The molecule has 1 aromatic rings. The van der Waals surface area contributed by atoms with Gasteiger partial charge in [0.1, 0.15) is 0 Å². The number of amides is 1. The van der Waals surface area contributed by atoms with Gasteiger partial charge >= 0.3 is 0 Å². The number of carbonyl (C=O) groups excluding carboxylic acids is 1. The van der Waals surface area contributed by atoms with E-state index in [4.69, 9.17) is 18.0 Å². The molecule has 20 heavy (non-hydrogen) atoms. The minimum atomic E-state index is -0.141. The number of piperidine rings is 1. The number of rotatable bonds is 3. The average molecular weight is 308 g/mol. The van der Waals surface area contributed by atoms with E-state index < -0.39 is 0 Å². The molecule has 1 aliphatic rings. The van der Waals surface area contributed by atoms with Crippen molar-refractivity contribution < 1.29 is 4.79 Å². The number of thiocarbonyl (C=S) groups is 1. The summed E-state index contributed by atoms with van der Waals surface area (Å²) in [4.78, 5) is 15.0. The normalized spacial score (nSPS) is 17.8. The third kappa shape index (κ3) is 2.83. The molecule has 1 aromatic carbocycles. The fourth-order valence-corrected chi connectivity index (χ4v) is 3.85. The minimum absolute atomic E-state index is 0.112. The van der Waals surface area contributed by atoms with Crippen LogP contribution in [0.25, 0.3) is 0 Å². The van der Waals surface area contributed by atoms with Crippen LogP contribution in [0.3, 0.4) is 0 Å². The molecule has 1 heterocycles. The third-order valence-corrected chi connectivity index (χ3v) is 6.00. The number of thioether (sulfide) groups is 1. The monoisotopic (exact) mass is 308 g/mol. The summed E-state index contributed by atoms with van der Waals surface area (Å²) in [5.74, 6) is 0.112. The smallest absolute Gasteiger partial charge is 0.254 e. The average Bonchev–Trinajstić information content (AvgIpc) is 2.47.